The van der Waals surface area contributed by atoms with Crippen molar-refractivity contribution in [2.75, 3.05) is 17.2 Å². The summed E-state index contributed by atoms with van der Waals surface area (Å²) in [5.41, 5.74) is 8.22. The third-order valence-corrected chi connectivity index (χ3v) is 3.51. The van der Waals surface area contributed by atoms with E-state index in [1.54, 1.807) is 0 Å². The molecule has 1 heterocycles. The van der Waals surface area contributed by atoms with E-state index in [4.69, 9.17) is 5.73 Å². The van der Waals surface area contributed by atoms with Crippen LogP contribution in [0.25, 0.3) is 0 Å². The van der Waals surface area contributed by atoms with Gasteiger partial charge < -0.3 is 10.6 Å². The lowest BCUT2D eigenvalue weighted by Gasteiger charge is -2.29. The molecule has 0 aliphatic rings. The molecule has 0 fully saturated rings. The van der Waals surface area contributed by atoms with Crippen molar-refractivity contribution in [3.63, 3.8) is 0 Å². The van der Waals surface area contributed by atoms with Crippen molar-refractivity contribution in [3.8, 4) is 0 Å². The molecule has 0 bridgehead atoms. The first-order valence-electron chi connectivity index (χ1n) is 7.60. The lowest BCUT2D eigenvalue weighted by Crippen LogP contribution is -2.34. The van der Waals surface area contributed by atoms with Crippen LogP contribution in [-0.4, -0.2) is 22.4 Å². The number of nitrogen functional groups attached to an aromatic ring is 1. The molecule has 1 aromatic rings. The van der Waals surface area contributed by atoms with E-state index in [1.165, 1.54) is 19.3 Å². The monoisotopic (exact) mass is 266 g/mol. The third kappa shape index (κ3) is 3.88. The van der Waals surface area contributed by atoms with Gasteiger partial charge in [-0.25, -0.2) is 0 Å². The minimum atomic E-state index is 0.448. The largest absolute Gasteiger partial charge is 0.394 e. The molecule has 0 amide bonds. The molecule has 0 aliphatic heterocycles. The molecule has 1 aromatic heterocycles. The van der Waals surface area contributed by atoms with Crippen LogP contribution in [0.5, 0.6) is 0 Å². The van der Waals surface area contributed by atoms with Gasteiger partial charge in [0.25, 0.3) is 0 Å². The summed E-state index contributed by atoms with van der Waals surface area (Å²) < 4.78 is 1.95. The quantitative estimate of drug-likeness (QED) is 0.734. The summed E-state index contributed by atoms with van der Waals surface area (Å²) in [6.45, 7) is 9.89. The molecular formula is C15H30N4. The maximum Gasteiger partial charge on any atom is 0.150 e. The molecule has 110 valence electrons. The molecule has 19 heavy (non-hydrogen) atoms. The molecule has 0 saturated heterocycles. The SMILES string of the molecule is CCCCCN(c1c(N)c(CCC)nn1C)C(C)C. The number of rotatable bonds is 8. The van der Waals surface area contributed by atoms with Crippen molar-refractivity contribution in [1.29, 1.82) is 0 Å². The summed E-state index contributed by atoms with van der Waals surface area (Å²) in [7, 11) is 2.00. The van der Waals surface area contributed by atoms with Gasteiger partial charge in [-0.1, -0.05) is 33.1 Å². The molecule has 0 atom stereocenters. The Morgan fingerprint density at radius 1 is 1.21 bits per heavy atom. The number of hydrogen-bond donors (Lipinski definition) is 1. The van der Waals surface area contributed by atoms with E-state index in [9.17, 15) is 0 Å². The van der Waals surface area contributed by atoms with Gasteiger partial charge in [-0.3, -0.25) is 4.68 Å². The van der Waals surface area contributed by atoms with Gasteiger partial charge in [0, 0.05) is 19.6 Å². The second-order valence-electron chi connectivity index (χ2n) is 5.55. The highest BCUT2D eigenvalue weighted by Gasteiger charge is 2.20. The lowest BCUT2D eigenvalue weighted by molar-refractivity contribution is 0.599. The zero-order valence-electron chi connectivity index (χ0n) is 13.2. The summed E-state index contributed by atoms with van der Waals surface area (Å²) in [5, 5.41) is 4.58. The molecule has 0 saturated carbocycles. The smallest absolute Gasteiger partial charge is 0.150 e. The maximum absolute atomic E-state index is 6.31. The Morgan fingerprint density at radius 2 is 1.89 bits per heavy atom. The van der Waals surface area contributed by atoms with Crippen LogP contribution in [0.3, 0.4) is 0 Å². The maximum atomic E-state index is 6.31. The summed E-state index contributed by atoms with van der Waals surface area (Å²) >= 11 is 0. The Balaban J connectivity index is 2.95. The zero-order chi connectivity index (χ0) is 14.4. The first-order chi connectivity index (χ1) is 9.02. The Morgan fingerprint density at radius 3 is 2.42 bits per heavy atom. The van der Waals surface area contributed by atoms with Gasteiger partial charge >= 0.3 is 0 Å². The predicted octanol–water partition coefficient (Wildman–Crippen LogP) is 3.36. The molecule has 2 N–H and O–H groups in total. The van der Waals surface area contributed by atoms with E-state index in [-0.39, 0.29) is 0 Å². The van der Waals surface area contributed by atoms with Crippen LogP contribution in [0.1, 0.15) is 59.1 Å². The van der Waals surface area contributed by atoms with Gasteiger partial charge in [0.05, 0.1) is 11.4 Å². The minimum Gasteiger partial charge on any atom is -0.394 e. The zero-order valence-corrected chi connectivity index (χ0v) is 13.2. The Hall–Kier alpha value is -1.19. The molecular weight excluding hydrogens is 236 g/mol. The van der Waals surface area contributed by atoms with E-state index in [1.807, 2.05) is 11.7 Å². The number of nitrogens with zero attached hydrogens (tertiary/aromatic N) is 3. The summed E-state index contributed by atoms with van der Waals surface area (Å²) in [5.74, 6) is 1.09. The van der Waals surface area contributed by atoms with E-state index in [0.717, 1.165) is 36.6 Å². The second kappa shape index (κ2) is 7.41. The molecule has 0 aliphatic carbocycles. The molecule has 0 spiro atoms. The second-order valence-corrected chi connectivity index (χ2v) is 5.55. The van der Waals surface area contributed by atoms with Crippen molar-refractivity contribution in [2.24, 2.45) is 7.05 Å². The van der Waals surface area contributed by atoms with Gasteiger partial charge in [0.2, 0.25) is 0 Å². The Labute approximate surface area is 118 Å². The fourth-order valence-corrected chi connectivity index (χ4v) is 2.49. The lowest BCUT2D eigenvalue weighted by atomic mass is 10.2. The van der Waals surface area contributed by atoms with Gasteiger partial charge in [0.15, 0.2) is 5.82 Å². The van der Waals surface area contributed by atoms with Gasteiger partial charge in [-0.15, -0.1) is 0 Å². The molecule has 1 rings (SSSR count). The number of aromatic nitrogens is 2. The average Bonchev–Trinajstić information content (AvgIpc) is 2.61. The Kier molecular flexibility index (Phi) is 6.19. The van der Waals surface area contributed by atoms with Crippen molar-refractivity contribution < 1.29 is 0 Å². The van der Waals surface area contributed by atoms with Crippen LogP contribution in [0.2, 0.25) is 0 Å². The fourth-order valence-electron chi connectivity index (χ4n) is 2.49. The van der Waals surface area contributed by atoms with Crippen molar-refractivity contribution >= 4 is 11.5 Å². The van der Waals surface area contributed by atoms with E-state index in [2.05, 4.69) is 37.7 Å². The molecule has 4 heteroatoms. The minimum absolute atomic E-state index is 0.448. The van der Waals surface area contributed by atoms with Crippen LogP contribution in [0.15, 0.2) is 0 Å². The van der Waals surface area contributed by atoms with E-state index in [0.29, 0.717) is 6.04 Å². The molecule has 4 nitrogen and oxygen atoms in total. The van der Waals surface area contributed by atoms with E-state index >= 15 is 0 Å². The Bertz CT molecular complexity index is 382. The summed E-state index contributed by atoms with van der Waals surface area (Å²) in [6.07, 6.45) is 5.76. The normalized spacial score (nSPS) is 11.3. The highest BCUT2D eigenvalue weighted by atomic mass is 15.4. The molecule has 0 unspecified atom stereocenters. The highest BCUT2D eigenvalue weighted by Crippen LogP contribution is 2.28. The standard InChI is InChI=1S/C15H30N4/c1-6-8-9-11-19(12(3)4)15-14(16)13(10-7-2)17-18(15)5/h12H,6-11,16H2,1-5H3. The number of hydrogen-bond acceptors (Lipinski definition) is 3. The van der Waals surface area contributed by atoms with E-state index < -0.39 is 0 Å². The van der Waals surface area contributed by atoms with Crippen LogP contribution >= 0.6 is 0 Å². The first kappa shape index (κ1) is 15.9. The average molecular weight is 266 g/mol. The number of unbranched alkanes of at least 4 members (excludes halogenated alkanes) is 2. The van der Waals surface area contributed by atoms with Gasteiger partial charge in [-0.2, -0.15) is 5.10 Å². The molecule has 0 radical (unpaired) electrons. The highest BCUT2D eigenvalue weighted by molar-refractivity contribution is 5.66. The van der Waals surface area contributed by atoms with Crippen LogP contribution in [-0.2, 0) is 13.5 Å². The van der Waals surface area contributed by atoms with Gasteiger partial charge in [-0.05, 0) is 26.7 Å². The summed E-state index contributed by atoms with van der Waals surface area (Å²) in [4.78, 5) is 2.39. The van der Waals surface area contributed by atoms with Gasteiger partial charge in [0.1, 0.15) is 0 Å². The van der Waals surface area contributed by atoms with Crippen molar-refractivity contribution in [2.45, 2.75) is 65.8 Å². The third-order valence-electron chi connectivity index (χ3n) is 3.51. The first-order valence-corrected chi connectivity index (χ1v) is 7.60. The summed E-state index contributed by atoms with van der Waals surface area (Å²) in [6, 6.07) is 0.448. The van der Waals surface area contributed by atoms with Crippen molar-refractivity contribution in [3.05, 3.63) is 5.69 Å². The topological polar surface area (TPSA) is 47.1 Å². The fraction of sp³-hybridized carbons (Fsp3) is 0.800. The number of aryl methyl sites for hydroxylation is 2. The number of anilines is 2. The van der Waals surface area contributed by atoms with Crippen LogP contribution in [0.4, 0.5) is 11.5 Å². The van der Waals surface area contributed by atoms with Crippen LogP contribution in [0, 0.1) is 0 Å². The van der Waals surface area contributed by atoms with Crippen LogP contribution < -0.4 is 10.6 Å². The number of nitrogens with two attached hydrogens (primary N) is 1. The van der Waals surface area contributed by atoms with Crippen molar-refractivity contribution in [1.82, 2.24) is 9.78 Å². The molecule has 0 aromatic carbocycles. The predicted molar refractivity (Wildman–Crippen MR) is 83.6 cm³/mol.